The molecule has 1 aromatic rings. The molecule has 1 saturated heterocycles. The number of hydrogen-bond donors (Lipinski definition) is 2. The fourth-order valence-electron chi connectivity index (χ4n) is 3.44. The molecule has 1 atom stereocenters. The lowest BCUT2D eigenvalue weighted by molar-refractivity contribution is -0.138. The van der Waals surface area contributed by atoms with Gasteiger partial charge < -0.3 is 14.6 Å². The van der Waals surface area contributed by atoms with E-state index < -0.39 is 35.6 Å². The summed E-state index contributed by atoms with van der Waals surface area (Å²) in [4.78, 5) is 61.3. The summed E-state index contributed by atoms with van der Waals surface area (Å²) in [6.07, 6.45) is 0.805. The minimum Gasteiger partial charge on any atom is -0.481 e. The van der Waals surface area contributed by atoms with Crippen LogP contribution >= 0.6 is 11.8 Å². The largest absolute Gasteiger partial charge is 0.481 e. The number of fused-ring (bicyclic) bond motifs is 1. The molecule has 2 N–H and O–H groups in total. The highest BCUT2D eigenvalue weighted by atomic mass is 32.2. The summed E-state index contributed by atoms with van der Waals surface area (Å²) < 4.78 is 10.7. The number of rotatable bonds is 12. The van der Waals surface area contributed by atoms with E-state index in [0.29, 0.717) is 36.9 Å². The molecule has 3 rings (SSSR count). The maximum atomic E-state index is 13.0. The first-order valence-electron chi connectivity index (χ1n) is 10.2. The van der Waals surface area contributed by atoms with Gasteiger partial charge in [-0.3, -0.25) is 34.2 Å². The lowest BCUT2D eigenvalue weighted by Crippen LogP contribution is -2.54. The summed E-state index contributed by atoms with van der Waals surface area (Å²) in [5.41, 5.74) is 0.531. The van der Waals surface area contributed by atoms with E-state index in [1.807, 2.05) is 0 Å². The molecular weight excluding hydrogens is 440 g/mol. The Kier molecular flexibility index (Phi) is 8.37. The van der Waals surface area contributed by atoms with Gasteiger partial charge in [-0.25, -0.2) is 0 Å². The van der Waals surface area contributed by atoms with Crippen molar-refractivity contribution in [3.8, 4) is 0 Å². The van der Waals surface area contributed by atoms with Crippen LogP contribution in [-0.2, 0) is 23.9 Å². The summed E-state index contributed by atoms with van der Waals surface area (Å²) >= 11 is 1.38. The van der Waals surface area contributed by atoms with Crippen molar-refractivity contribution in [2.45, 2.75) is 36.6 Å². The molecule has 1 aromatic carbocycles. The van der Waals surface area contributed by atoms with E-state index in [-0.39, 0.29) is 37.0 Å². The molecule has 172 valence electrons. The zero-order valence-corrected chi connectivity index (χ0v) is 18.2. The zero-order valence-electron chi connectivity index (χ0n) is 17.3. The molecular formula is C21H24N2O8S. The molecule has 0 aromatic heterocycles. The quantitative estimate of drug-likeness (QED) is 0.264. The third-order valence-corrected chi connectivity index (χ3v) is 5.97. The number of piperidine rings is 1. The molecule has 32 heavy (non-hydrogen) atoms. The molecule has 11 heteroatoms. The Morgan fingerprint density at radius 3 is 2.56 bits per heavy atom. The minimum absolute atomic E-state index is 0.0267. The number of hydrogen-bond acceptors (Lipinski definition) is 8. The van der Waals surface area contributed by atoms with E-state index in [2.05, 4.69) is 5.32 Å². The highest BCUT2D eigenvalue weighted by molar-refractivity contribution is 7.99. The molecule has 2 heterocycles. The molecule has 0 saturated carbocycles. The second kappa shape index (κ2) is 11.2. The van der Waals surface area contributed by atoms with Gasteiger partial charge in [0.1, 0.15) is 6.04 Å². The monoisotopic (exact) mass is 464 g/mol. The molecule has 0 radical (unpaired) electrons. The van der Waals surface area contributed by atoms with Crippen LogP contribution in [0.15, 0.2) is 23.1 Å². The van der Waals surface area contributed by atoms with Crippen molar-refractivity contribution in [1.29, 1.82) is 0 Å². The van der Waals surface area contributed by atoms with Gasteiger partial charge >= 0.3 is 5.97 Å². The second-order valence-electron chi connectivity index (χ2n) is 7.20. The summed E-state index contributed by atoms with van der Waals surface area (Å²) in [7, 11) is 0. The van der Waals surface area contributed by atoms with E-state index in [0.717, 1.165) is 4.90 Å². The van der Waals surface area contributed by atoms with E-state index in [1.165, 1.54) is 11.8 Å². The Morgan fingerprint density at radius 2 is 1.84 bits per heavy atom. The van der Waals surface area contributed by atoms with Crippen LogP contribution in [0, 0.1) is 0 Å². The molecule has 4 amide bonds. The van der Waals surface area contributed by atoms with Crippen molar-refractivity contribution >= 4 is 41.4 Å². The number of amides is 4. The van der Waals surface area contributed by atoms with Crippen LogP contribution in [0.1, 0.15) is 46.4 Å². The predicted molar refractivity (Wildman–Crippen MR) is 112 cm³/mol. The number of carbonyl (C=O) groups is 5. The topological polar surface area (TPSA) is 139 Å². The number of aliphatic carboxylic acids is 1. The molecule has 0 spiro atoms. The van der Waals surface area contributed by atoms with Gasteiger partial charge in [0, 0.05) is 30.3 Å². The highest BCUT2D eigenvalue weighted by Gasteiger charge is 2.45. The molecule has 2 aliphatic heterocycles. The molecule has 0 bridgehead atoms. The number of imide groups is 2. The molecule has 1 fully saturated rings. The van der Waals surface area contributed by atoms with Gasteiger partial charge in [-0.2, -0.15) is 0 Å². The summed E-state index contributed by atoms with van der Waals surface area (Å²) in [6.45, 7) is 1.47. The number of carboxylic acid groups (broad SMARTS) is 1. The molecule has 2 aliphatic rings. The van der Waals surface area contributed by atoms with Gasteiger partial charge in [-0.15, -0.1) is 11.8 Å². The lowest BCUT2D eigenvalue weighted by atomic mass is 10.0. The Bertz CT molecular complexity index is 919. The van der Waals surface area contributed by atoms with E-state index >= 15 is 0 Å². The van der Waals surface area contributed by atoms with E-state index in [9.17, 15) is 24.0 Å². The first-order valence-corrected chi connectivity index (χ1v) is 11.2. The van der Waals surface area contributed by atoms with Crippen LogP contribution in [0.2, 0.25) is 0 Å². The number of carboxylic acids is 1. The average molecular weight is 464 g/mol. The number of carbonyl (C=O) groups excluding carboxylic acids is 4. The van der Waals surface area contributed by atoms with Crippen molar-refractivity contribution in [2.75, 3.05) is 32.2 Å². The maximum absolute atomic E-state index is 13.0. The third kappa shape index (κ3) is 5.72. The van der Waals surface area contributed by atoms with Crippen molar-refractivity contribution in [3.63, 3.8) is 0 Å². The van der Waals surface area contributed by atoms with Crippen LogP contribution in [0.5, 0.6) is 0 Å². The van der Waals surface area contributed by atoms with Gasteiger partial charge in [0.2, 0.25) is 11.8 Å². The third-order valence-electron chi connectivity index (χ3n) is 4.95. The number of benzene rings is 1. The SMILES string of the molecule is O=C(O)CCOCCCOCCSc1cccc2c1C(=O)N(C1CCC(=O)NC1=O)C2=O. The van der Waals surface area contributed by atoms with Gasteiger partial charge in [0.25, 0.3) is 11.8 Å². The van der Waals surface area contributed by atoms with Gasteiger partial charge in [-0.05, 0) is 25.0 Å². The van der Waals surface area contributed by atoms with Crippen molar-refractivity contribution in [3.05, 3.63) is 29.3 Å². The van der Waals surface area contributed by atoms with Crippen molar-refractivity contribution in [2.24, 2.45) is 0 Å². The Labute approximate surface area is 188 Å². The van der Waals surface area contributed by atoms with Gasteiger partial charge in [0.05, 0.1) is 30.8 Å². The summed E-state index contributed by atoms with van der Waals surface area (Å²) in [6, 6.07) is 4.01. The summed E-state index contributed by atoms with van der Waals surface area (Å²) in [5, 5.41) is 10.7. The van der Waals surface area contributed by atoms with Crippen LogP contribution < -0.4 is 5.32 Å². The fourth-order valence-corrected chi connectivity index (χ4v) is 4.38. The van der Waals surface area contributed by atoms with Crippen LogP contribution in [0.25, 0.3) is 0 Å². The van der Waals surface area contributed by atoms with E-state index in [4.69, 9.17) is 14.6 Å². The lowest BCUT2D eigenvalue weighted by Gasteiger charge is -2.27. The minimum atomic E-state index is -0.987. The number of thioether (sulfide) groups is 1. The van der Waals surface area contributed by atoms with Crippen LogP contribution in [0.3, 0.4) is 0 Å². The molecule has 1 unspecified atom stereocenters. The Balaban J connectivity index is 1.48. The smallest absolute Gasteiger partial charge is 0.305 e. The average Bonchev–Trinajstić information content (AvgIpc) is 3.00. The highest BCUT2D eigenvalue weighted by Crippen LogP contribution is 2.34. The second-order valence-corrected chi connectivity index (χ2v) is 8.33. The number of nitrogens with one attached hydrogen (secondary N) is 1. The van der Waals surface area contributed by atoms with E-state index in [1.54, 1.807) is 18.2 Å². The summed E-state index contributed by atoms with van der Waals surface area (Å²) in [5.74, 6) is -2.44. The van der Waals surface area contributed by atoms with Crippen LogP contribution in [-0.4, -0.2) is 77.8 Å². The first-order chi connectivity index (χ1) is 15.4. The van der Waals surface area contributed by atoms with Crippen molar-refractivity contribution in [1.82, 2.24) is 10.2 Å². The van der Waals surface area contributed by atoms with Gasteiger partial charge in [-0.1, -0.05) is 6.07 Å². The first kappa shape index (κ1) is 23.9. The Morgan fingerprint density at radius 1 is 1.09 bits per heavy atom. The number of nitrogens with zero attached hydrogens (tertiary/aromatic N) is 1. The number of ether oxygens (including phenoxy) is 2. The van der Waals surface area contributed by atoms with Gasteiger partial charge in [0.15, 0.2) is 0 Å². The Hall–Kier alpha value is -2.76. The molecule has 0 aliphatic carbocycles. The standard InChI is InChI=1S/C21H24N2O8S/c24-16-6-5-14(19(27)22-16)23-20(28)13-3-1-4-15(18(13)21(23)29)32-12-11-31-9-2-8-30-10-7-17(25)26/h1,3-4,14H,2,5-12H2,(H,25,26)(H,22,24,27). The molecule has 10 nitrogen and oxygen atoms in total. The normalized spacial score (nSPS) is 18.1. The van der Waals surface area contributed by atoms with Crippen molar-refractivity contribution < 1.29 is 38.6 Å². The van der Waals surface area contributed by atoms with Crippen LogP contribution in [0.4, 0.5) is 0 Å². The fraction of sp³-hybridized carbons (Fsp3) is 0.476. The maximum Gasteiger partial charge on any atom is 0.305 e. The predicted octanol–water partition coefficient (Wildman–Crippen LogP) is 1.08. The zero-order chi connectivity index (χ0) is 23.1.